The zero-order chi connectivity index (χ0) is 17.1. The Balaban J connectivity index is 1.76. The van der Waals surface area contributed by atoms with Gasteiger partial charge in [0.1, 0.15) is 0 Å². The molecule has 1 aliphatic heterocycles. The Morgan fingerprint density at radius 2 is 1.71 bits per heavy atom. The van der Waals surface area contributed by atoms with Crippen molar-refractivity contribution in [2.45, 2.75) is 13.0 Å². The van der Waals surface area contributed by atoms with Crippen LogP contribution >= 0.6 is 0 Å². The summed E-state index contributed by atoms with van der Waals surface area (Å²) in [5.74, 6) is -0.188. The summed E-state index contributed by atoms with van der Waals surface area (Å²) in [6, 6.07) is 16.3. The maximum Gasteiger partial charge on any atom is 0.280 e. The smallest absolute Gasteiger partial charge is 0.280 e. The zero-order valence-electron chi connectivity index (χ0n) is 13.9. The van der Waals surface area contributed by atoms with E-state index in [-0.39, 0.29) is 5.91 Å². The minimum absolute atomic E-state index is 0.188. The van der Waals surface area contributed by atoms with Gasteiger partial charge in [-0.05, 0) is 43.3 Å². The van der Waals surface area contributed by atoms with E-state index in [1.807, 2.05) is 73.6 Å². The zero-order valence-corrected chi connectivity index (χ0v) is 13.9. The lowest BCUT2D eigenvalue weighted by molar-refractivity contribution is -0.117. The summed E-state index contributed by atoms with van der Waals surface area (Å²) in [5.41, 5.74) is 3.16. The van der Waals surface area contributed by atoms with Crippen LogP contribution in [0.3, 0.4) is 0 Å². The Kier molecular flexibility index (Phi) is 4.37. The fourth-order valence-electron chi connectivity index (χ4n) is 2.39. The SMILES string of the molecule is CC1=NN(c2ccccc2)C(=O)[C@H]1N=Nc1ccc(N(C)C)cc1. The molecule has 6 nitrogen and oxygen atoms in total. The van der Waals surface area contributed by atoms with Gasteiger partial charge in [0, 0.05) is 19.8 Å². The number of amides is 1. The van der Waals surface area contributed by atoms with Crippen molar-refractivity contribution in [1.82, 2.24) is 0 Å². The number of nitrogens with zero attached hydrogens (tertiary/aromatic N) is 5. The quantitative estimate of drug-likeness (QED) is 0.807. The molecule has 2 aromatic rings. The normalized spacial score (nSPS) is 17.5. The Labute approximate surface area is 141 Å². The number of para-hydroxylation sites is 1. The van der Waals surface area contributed by atoms with Crippen LogP contribution in [0, 0.1) is 0 Å². The van der Waals surface area contributed by atoms with Crippen LogP contribution in [0.15, 0.2) is 69.9 Å². The second kappa shape index (κ2) is 6.62. The van der Waals surface area contributed by atoms with Crippen LogP contribution in [0.4, 0.5) is 17.1 Å². The first-order valence-electron chi connectivity index (χ1n) is 7.68. The van der Waals surface area contributed by atoms with Gasteiger partial charge in [-0.25, -0.2) is 0 Å². The fraction of sp³-hybridized carbons (Fsp3) is 0.222. The van der Waals surface area contributed by atoms with Crippen LogP contribution in [0.2, 0.25) is 0 Å². The predicted octanol–water partition coefficient (Wildman–Crippen LogP) is 3.63. The standard InChI is InChI=1S/C18H19N5O/c1-13-17(18(24)23(21-13)16-7-5-4-6-8-16)20-19-14-9-11-15(12-10-14)22(2)3/h4-12,17H,1-3H3/t17-/m0/s1. The van der Waals surface area contributed by atoms with Crippen molar-refractivity contribution < 1.29 is 4.79 Å². The molecule has 1 aliphatic rings. The van der Waals surface area contributed by atoms with Gasteiger partial charge in [0.25, 0.3) is 5.91 Å². The van der Waals surface area contributed by atoms with Crippen LogP contribution in [-0.4, -0.2) is 31.8 Å². The minimum Gasteiger partial charge on any atom is -0.378 e. The van der Waals surface area contributed by atoms with Gasteiger partial charge in [0.05, 0.1) is 17.1 Å². The predicted molar refractivity (Wildman–Crippen MR) is 96.1 cm³/mol. The molecule has 0 unspecified atom stereocenters. The molecule has 0 N–H and O–H groups in total. The van der Waals surface area contributed by atoms with E-state index in [1.165, 1.54) is 5.01 Å². The second-order valence-corrected chi connectivity index (χ2v) is 5.76. The van der Waals surface area contributed by atoms with Gasteiger partial charge in [-0.15, -0.1) is 0 Å². The first-order chi connectivity index (χ1) is 11.6. The van der Waals surface area contributed by atoms with Gasteiger partial charge < -0.3 is 4.90 Å². The minimum atomic E-state index is -0.668. The van der Waals surface area contributed by atoms with E-state index in [4.69, 9.17) is 0 Å². The molecule has 6 heteroatoms. The van der Waals surface area contributed by atoms with Gasteiger partial charge in [-0.3, -0.25) is 4.79 Å². The Morgan fingerprint density at radius 1 is 1.04 bits per heavy atom. The first-order valence-corrected chi connectivity index (χ1v) is 7.68. The molecule has 24 heavy (non-hydrogen) atoms. The number of rotatable bonds is 4. The molecule has 0 bridgehead atoms. The fourth-order valence-corrected chi connectivity index (χ4v) is 2.39. The Bertz CT molecular complexity index is 781. The third-order valence-corrected chi connectivity index (χ3v) is 3.75. The highest BCUT2D eigenvalue weighted by molar-refractivity contribution is 6.18. The van der Waals surface area contributed by atoms with Crippen LogP contribution in [0.1, 0.15) is 6.92 Å². The second-order valence-electron chi connectivity index (χ2n) is 5.76. The molecular formula is C18H19N5O. The summed E-state index contributed by atoms with van der Waals surface area (Å²) in [6.45, 7) is 1.79. The van der Waals surface area contributed by atoms with E-state index in [2.05, 4.69) is 15.3 Å². The van der Waals surface area contributed by atoms with E-state index in [9.17, 15) is 4.79 Å². The first kappa shape index (κ1) is 15.9. The lowest BCUT2D eigenvalue weighted by atomic mass is 10.2. The Morgan fingerprint density at radius 3 is 2.33 bits per heavy atom. The number of hydrazone groups is 1. The summed E-state index contributed by atoms with van der Waals surface area (Å²) in [4.78, 5) is 14.5. The third kappa shape index (κ3) is 3.17. The molecule has 0 saturated heterocycles. The summed E-state index contributed by atoms with van der Waals surface area (Å²) in [5, 5.41) is 14.1. The lowest BCUT2D eigenvalue weighted by Gasteiger charge is -2.12. The van der Waals surface area contributed by atoms with Gasteiger partial charge in [0.15, 0.2) is 6.04 Å². The van der Waals surface area contributed by atoms with Gasteiger partial charge in [-0.2, -0.15) is 20.3 Å². The molecule has 0 aromatic heterocycles. The van der Waals surface area contributed by atoms with Crippen molar-refractivity contribution in [2.24, 2.45) is 15.3 Å². The van der Waals surface area contributed by atoms with Crippen LogP contribution in [0.5, 0.6) is 0 Å². The molecule has 1 heterocycles. The molecule has 0 aliphatic carbocycles. The van der Waals surface area contributed by atoms with E-state index in [0.29, 0.717) is 11.4 Å². The summed E-state index contributed by atoms with van der Waals surface area (Å²) in [7, 11) is 3.96. The average molecular weight is 321 g/mol. The van der Waals surface area contributed by atoms with Crippen LogP contribution in [-0.2, 0) is 4.79 Å². The number of hydrogen-bond acceptors (Lipinski definition) is 5. The largest absolute Gasteiger partial charge is 0.378 e. The molecule has 0 fully saturated rings. The molecule has 0 spiro atoms. The highest BCUT2D eigenvalue weighted by atomic mass is 16.2. The lowest BCUT2D eigenvalue weighted by Crippen LogP contribution is -2.29. The monoisotopic (exact) mass is 321 g/mol. The summed E-state index contributed by atoms with van der Waals surface area (Å²) in [6.07, 6.45) is 0. The van der Waals surface area contributed by atoms with Gasteiger partial charge in [-0.1, -0.05) is 18.2 Å². The number of hydrogen-bond donors (Lipinski definition) is 0. The van der Waals surface area contributed by atoms with E-state index < -0.39 is 6.04 Å². The molecule has 1 amide bonds. The van der Waals surface area contributed by atoms with Crippen molar-refractivity contribution >= 4 is 28.7 Å². The maximum atomic E-state index is 12.5. The highest BCUT2D eigenvalue weighted by Crippen LogP contribution is 2.24. The Hall–Kier alpha value is -3.02. The summed E-state index contributed by atoms with van der Waals surface area (Å²) < 4.78 is 0. The molecule has 2 aromatic carbocycles. The van der Waals surface area contributed by atoms with Gasteiger partial charge >= 0.3 is 0 Å². The topological polar surface area (TPSA) is 60.6 Å². The van der Waals surface area contributed by atoms with Crippen molar-refractivity contribution in [2.75, 3.05) is 24.0 Å². The van der Waals surface area contributed by atoms with Crippen LogP contribution in [0.25, 0.3) is 0 Å². The number of azo groups is 1. The molecule has 0 radical (unpaired) electrons. The number of anilines is 2. The number of carbonyl (C=O) groups is 1. The van der Waals surface area contributed by atoms with E-state index in [1.54, 1.807) is 6.92 Å². The molecular weight excluding hydrogens is 302 g/mol. The highest BCUT2D eigenvalue weighted by Gasteiger charge is 2.34. The van der Waals surface area contributed by atoms with E-state index >= 15 is 0 Å². The van der Waals surface area contributed by atoms with Crippen LogP contribution < -0.4 is 9.91 Å². The molecule has 122 valence electrons. The van der Waals surface area contributed by atoms with Crippen molar-refractivity contribution in [3.8, 4) is 0 Å². The van der Waals surface area contributed by atoms with Crippen molar-refractivity contribution in [3.05, 3.63) is 54.6 Å². The van der Waals surface area contributed by atoms with Gasteiger partial charge in [0.2, 0.25) is 0 Å². The average Bonchev–Trinajstić information content (AvgIpc) is 2.88. The molecule has 0 saturated carbocycles. The number of benzene rings is 2. The molecule has 3 rings (SSSR count). The van der Waals surface area contributed by atoms with Crippen molar-refractivity contribution in [1.29, 1.82) is 0 Å². The number of carbonyl (C=O) groups excluding carboxylic acids is 1. The third-order valence-electron chi connectivity index (χ3n) is 3.75. The maximum absolute atomic E-state index is 12.5. The summed E-state index contributed by atoms with van der Waals surface area (Å²) >= 11 is 0. The van der Waals surface area contributed by atoms with E-state index in [0.717, 1.165) is 11.4 Å². The van der Waals surface area contributed by atoms with Crippen molar-refractivity contribution in [3.63, 3.8) is 0 Å². The molecule has 1 atom stereocenters.